The van der Waals surface area contributed by atoms with Crippen LogP contribution in [0, 0.1) is 0 Å². The lowest BCUT2D eigenvalue weighted by molar-refractivity contribution is -0.131. The van der Waals surface area contributed by atoms with Crippen molar-refractivity contribution in [2.24, 2.45) is 5.73 Å². The van der Waals surface area contributed by atoms with Crippen molar-refractivity contribution in [2.75, 3.05) is 0 Å². The zero-order valence-corrected chi connectivity index (χ0v) is 9.01. The Hall–Kier alpha value is -0.900. The molecule has 0 saturated heterocycles. The molecule has 14 heavy (non-hydrogen) atoms. The zero-order chi connectivity index (χ0) is 11.0. The Bertz CT molecular complexity index is 191. The van der Waals surface area contributed by atoms with E-state index in [1.54, 1.807) is 6.92 Å². The van der Waals surface area contributed by atoms with Gasteiger partial charge in [-0.1, -0.05) is 26.2 Å². The third-order valence-electron chi connectivity index (χ3n) is 1.93. The summed E-state index contributed by atoms with van der Waals surface area (Å²) < 4.78 is 0. The van der Waals surface area contributed by atoms with Crippen LogP contribution in [0.4, 0.5) is 0 Å². The second-order valence-electron chi connectivity index (χ2n) is 3.51. The summed E-state index contributed by atoms with van der Waals surface area (Å²) in [6, 6.07) is -0.616. The molecular weight excluding hydrogens is 180 g/mol. The number of hydrogen-bond acceptors (Lipinski definition) is 3. The smallest absolute Gasteiger partial charge is 0.243 e. The number of carbonyl (C=O) groups is 2. The molecule has 82 valence electrons. The van der Waals surface area contributed by atoms with E-state index in [0.717, 1.165) is 25.7 Å². The number of amides is 2. The molecule has 3 N–H and O–H groups in total. The molecule has 1 unspecified atom stereocenters. The summed E-state index contributed by atoms with van der Waals surface area (Å²) in [6.45, 7) is 3.67. The van der Waals surface area contributed by atoms with Gasteiger partial charge in [0.15, 0.2) is 0 Å². The van der Waals surface area contributed by atoms with E-state index >= 15 is 0 Å². The monoisotopic (exact) mass is 200 g/mol. The van der Waals surface area contributed by atoms with E-state index in [-0.39, 0.29) is 5.91 Å². The van der Waals surface area contributed by atoms with Crippen molar-refractivity contribution < 1.29 is 9.59 Å². The highest BCUT2D eigenvalue weighted by Gasteiger charge is 2.10. The Morgan fingerprint density at radius 2 is 1.93 bits per heavy atom. The Labute approximate surface area is 85.2 Å². The van der Waals surface area contributed by atoms with Gasteiger partial charge in [0.2, 0.25) is 11.8 Å². The van der Waals surface area contributed by atoms with Gasteiger partial charge in [-0.25, -0.2) is 0 Å². The molecule has 0 aromatic carbocycles. The zero-order valence-electron chi connectivity index (χ0n) is 9.01. The van der Waals surface area contributed by atoms with Crippen LogP contribution < -0.4 is 11.1 Å². The Balaban J connectivity index is 3.51. The van der Waals surface area contributed by atoms with Crippen LogP contribution in [0.25, 0.3) is 0 Å². The number of nitrogens with one attached hydrogen (secondary N) is 1. The minimum atomic E-state index is -0.616. The van der Waals surface area contributed by atoms with Gasteiger partial charge in [-0.2, -0.15) is 0 Å². The number of hydrogen-bond donors (Lipinski definition) is 2. The van der Waals surface area contributed by atoms with Crippen molar-refractivity contribution >= 4 is 11.8 Å². The van der Waals surface area contributed by atoms with Crippen LogP contribution in [0.5, 0.6) is 0 Å². The third-order valence-corrected chi connectivity index (χ3v) is 1.93. The average Bonchev–Trinajstić information content (AvgIpc) is 2.12. The first-order valence-corrected chi connectivity index (χ1v) is 5.17. The van der Waals surface area contributed by atoms with Gasteiger partial charge in [0, 0.05) is 6.42 Å². The first-order chi connectivity index (χ1) is 6.57. The van der Waals surface area contributed by atoms with E-state index in [1.165, 1.54) is 0 Å². The van der Waals surface area contributed by atoms with E-state index in [1.807, 2.05) is 0 Å². The van der Waals surface area contributed by atoms with Crippen molar-refractivity contribution in [3.05, 3.63) is 0 Å². The van der Waals surface area contributed by atoms with Crippen molar-refractivity contribution in [1.29, 1.82) is 0 Å². The molecule has 0 fully saturated rings. The normalized spacial score (nSPS) is 12.2. The number of unbranched alkanes of at least 4 members (excludes halogenated alkanes) is 3. The van der Waals surface area contributed by atoms with E-state index in [9.17, 15) is 9.59 Å². The minimum absolute atomic E-state index is 0.219. The van der Waals surface area contributed by atoms with E-state index < -0.39 is 11.9 Å². The summed E-state index contributed by atoms with van der Waals surface area (Å²) in [5.41, 5.74) is 5.30. The molecule has 0 radical (unpaired) electrons. The second-order valence-corrected chi connectivity index (χ2v) is 3.51. The maximum atomic E-state index is 11.1. The lowest BCUT2D eigenvalue weighted by Crippen LogP contribution is -2.41. The summed E-state index contributed by atoms with van der Waals surface area (Å²) in [6.07, 6.45) is 4.57. The molecule has 0 aliphatic carbocycles. The van der Waals surface area contributed by atoms with Gasteiger partial charge < -0.3 is 5.73 Å². The van der Waals surface area contributed by atoms with E-state index in [4.69, 9.17) is 5.73 Å². The molecular formula is C10H20N2O2. The third kappa shape index (κ3) is 6.60. The summed E-state index contributed by atoms with van der Waals surface area (Å²) in [4.78, 5) is 22.1. The fourth-order valence-electron chi connectivity index (χ4n) is 1.03. The molecule has 0 rings (SSSR count). The van der Waals surface area contributed by atoms with Crippen molar-refractivity contribution in [3.8, 4) is 0 Å². The second kappa shape index (κ2) is 7.50. The van der Waals surface area contributed by atoms with Gasteiger partial charge in [0.05, 0.1) is 6.04 Å². The minimum Gasteiger partial charge on any atom is -0.320 e. The molecule has 0 aromatic rings. The number of nitrogens with two attached hydrogens (primary N) is 1. The van der Waals surface area contributed by atoms with Gasteiger partial charge in [-0.05, 0) is 13.3 Å². The fourth-order valence-corrected chi connectivity index (χ4v) is 1.03. The van der Waals surface area contributed by atoms with Crippen LogP contribution in [-0.2, 0) is 9.59 Å². The fraction of sp³-hybridized carbons (Fsp3) is 0.800. The van der Waals surface area contributed by atoms with Crippen LogP contribution in [0.15, 0.2) is 0 Å². The maximum absolute atomic E-state index is 11.1. The molecule has 0 bridgehead atoms. The Morgan fingerprint density at radius 3 is 2.43 bits per heavy atom. The molecule has 2 amide bonds. The number of imide groups is 1. The van der Waals surface area contributed by atoms with Crippen LogP contribution in [0.1, 0.15) is 46.0 Å². The van der Waals surface area contributed by atoms with Crippen LogP contribution >= 0.6 is 0 Å². The SMILES string of the molecule is CCCCCCC(=O)NC(=O)C(C)N. The van der Waals surface area contributed by atoms with Gasteiger partial charge in [-0.3, -0.25) is 14.9 Å². The summed E-state index contributed by atoms with van der Waals surface area (Å²) >= 11 is 0. The van der Waals surface area contributed by atoms with Crippen molar-refractivity contribution in [3.63, 3.8) is 0 Å². The Kier molecular flexibility index (Phi) is 7.02. The van der Waals surface area contributed by atoms with Gasteiger partial charge in [-0.15, -0.1) is 0 Å². The standard InChI is InChI=1S/C10H20N2O2/c1-3-4-5-6-7-9(13)12-10(14)8(2)11/h8H,3-7,11H2,1-2H3,(H,12,13,14). The molecule has 1 atom stereocenters. The number of carbonyl (C=O) groups excluding carboxylic acids is 2. The molecule has 4 heteroatoms. The lowest BCUT2D eigenvalue weighted by atomic mass is 10.1. The van der Waals surface area contributed by atoms with Crippen LogP contribution in [0.2, 0.25) is 0 Å². The highest BCUT2D eigenvalue weighted by molar-refractivity contribution is 5.97. The van der Waals surface area contributed by atoms with Gasteiger partial charge >= 0.3 is 0 Å². The van der Waals surface area contributed by atoms with Crippen LogP contribution in [-0.4, -0.2) is 17.9 Å². The van der Waals surface area contributed by atoms with Gasteiger partial charge in [0.25, 0.3) is 0 Å². The molecule has 0 aliphatic heterocycles. The van der Waals surface area contributed by atoms with E-state index in [2.05, 4.69) is 12.2 Å². The molecule has 0 spiro atoms. The van der Waals surface area contributed by atoms with Crippen LogP contribution in [0.3, 0.4) is 0 Å². The van der Waals surface area contributed by atoms with Crippen molar-refractivity contribution in [1.82, 2.24) is 5.32 Å². The number of rotatable bonds is 6. The maximum Gasteiger partial charge on any atom is 0.243 e. The quantitative estimate of drug-likeness (QED) is 0.627. The predicted octanol–water partition coefficient (Wildman–Crippen LogP) is 0.947. The largest absolute Gasteiger partial charge is 0.320 e. The molecule has 0 aliphatic rings. The predicted molar refractivity (Wildman–Crippen MR) is 55.6 cm³/mol. The average molecular weight is 200 g/mol. The highest BCUT2D eigenvalue weighted by Crippen LogP contribution is 2.01. The van der Waals surface area contributed by atoms with E-state index in [0.29, 0.717) is 6.42 Å². The molecule has 0 heterocycles. The van der Waals surface area contributed by atoms with Crippen molar-refractivity contribution in [2.45, 2.75) is 52.0 Å². The molecule has 4 nitrogen and oxygen atoms in total. The lowest BCUT2D eigenvalue weighted by Gasteiger charge is -2.05. The first-order valence-electron chi connectivity index (χ1n) is 5.17. The highest BCUT2D eigenvalue weighted by atomic mass is 16.2. The summed E-state index contributed by atoms with van der Waals surface area (Å²) in [5, 5.41) is 2.25. The summed E-state index contributed by atoms with van der Waals surface area (Å²) in [7, 11) is 0. The first kappa shape index (κ1) is 13.1. The Morgan fingerprint density at radius 1 is 1.29 bits per heavy atom. The molecule has 0 saturated carbocycles. The molecule has 0 aromatic heterocycles. The summed E-state index contributed by atoms with van der Waals surface area (Å²) in [5.74, 6) is -0.617. The topological polar surface area (TPSA) is 72.2 Å². The van der Waals surface area contributed by atoms with Gasteiger partial charge in [0.1, 0.15) is 0 Å².